The number of aliphatic hydroxyl groups excluding tert-OH is 3. The SMILES string of the molecule is CO[C@@H]1CCC23CC[C@@H](C)[C@](C)(C12)[C@H](O)C[C@@](C)(CCO)C(=O)[C@@H]3C.CO[C@@H]1CCC23CC[C@@H](C)[C@](C)(C12)[C@H](O)C[C@@](C)(CCOC(C)=O)C(=O)[C@@H]3C. The molecule has 53 heavy (non-hydrogen) atoms. The molecule has 4 bridgehead atoms. The van der Waals surface area contributed by atoms with Gasteiger partial charge in [-0.15, -0.1) is 0 Å². The minimum atomic E-state index is -0.685. The summed E-state index contributed by atoms with van der Waals surface area (Å²) >= 11 is 0. The van der Waals surface area contributed by atoms with Crippen LogP contribution in [0.2, 0.25) is 0 Å². The van der Waals surface area contributed by atoms with Crippen LogP contribution >= 0.6 is 0 Å². The van der Waals surface area contributed by atoms with Crippen LogP contribution in [0.5, 0.6) is 0 Å². The normalized spacial score (nSPS) is 50.8. The average Bonchev–Trinajstić information content (AvgIpc) is 3.70. The molecular formula is C44H74O9. The van der Waals surface area contributed by atoms with Crippen LogP contribution in [0.3, 0.4) is 0 Å². The van der Waals surface area contributed by atoms with Crippen LogP contribution < -0.4 is 0 Å². The van der Waals surface area contributed by atoms with Crippen molar-refractivity contribution in [2.45, 2.75) is 164 Å². The Balaban J connectivity index is 0.000000206. The number of rotatable bonds is 7. The fraction of sp³-hybridized carbons (Fsp3) is 0.932. The molecule has 9 nitrogen and oxygen atoms in total. The third kappa shape index (κ3) is 6.50. The van der Waals surface area contributed by atoms with E-state index >= 15 is 0 Å². The lowest BCUT2D eigenvalue weighted by Crippen LogP contribution is -2.62. The molecule has 6 aliphatic rings. The highest BCUT2D eigenvalue weighted by atomic mass is 16.5. The second kappa shape index (κ2) is 15.2. The van der Waals surface area contributed by atoms with Gasteiger partial charge < -0.3 is 29.5 Å². The van der Waals surface area contributed by atoms with Gasteiger partial charge in [-0.25, -0.2) is 0 Å². The molecule has 6 saturated carbocycles. The molecule has 0 aromatic carbocycles. The summed E-state index contributed by atoms with van der Waals surface area (Å²) in [6, 6.07) is 0. The molecule has 0 aromatic rings. The predicted octanol–water partition coefficient (Wildman–Crippen LogP) is 6.96. The zero-order valence-corrected chi connectivity index (χ0v) is 35.0. The van der Waals surface area contributed by atoms with Crippen LogP contribution in [0.25, 0.3) is 0 Å². The van der Waals surface area contributed by atoms with Gasteiger partial charge in [0.25, 0.3) is 0 Å². The topological polar surface area (TPSA) is 140 Å². The van der Waals surface area contributed by atoms with Crippen LogP contribution in [-0.4, -0.2) is 84.7 Å². The lowest BCUT2D eigenvalue weighted by atomic mass is 9.44. The Morgan fingerprint density at radius 3 is 1.42 bits per heavy atom. The Morgan fingerprint density at radius 2 is 1.06 bits per heavy atom. The van der Waals surface area contributed by atoms with E-state index < -0.39 is 23.0 Å². The van der Waals surface area contributed by atoms with Gasteiger partial charge in [0.1, 0.15) is 11.6 Å². The first-order chi connectivity index (χ1) is 24.7. The van der Waals surface area contributed by atoms with Crippen molar-refractivity contribution in [2.24, 2.45) is 68.0 Å². The van der Waals surface area contributed by atoms with Crippen LogP contribution in [0.4, 0.5) is 0 Å². The summed E-state index contributed by atoms with van der Waals surface area (Å²) in [5.41, 5.74) is -2.04. The number of carbonyl (C=O) groups excluding carboxylic acids is 3. The van der Waals surface area contributed by atoms with Gasteiger partial charge in [0, 0.05) is 61.2 Å². The predicted molar refractivity (Wildman–Crippen MR) is 204 cm³/mol. The van der Waals surface area contributed by atoms with Gasteiger partial charge in [0.15, 0.2) is 0 Å². The smallest absolute Gasteiger partial charge is 0.302 e. The largest absolute Gasteiger partial charge is 0.466 e. The van der Waals surface area contributed by atoms with E-state index in [2.05, 4.69) is 41.5 Å². The molecule has 0 heterocycles. The van der Waals surface area contributed by atoms with Gasteiger partial charge in [-0.2, -0.15) is 0 Å². The summed E-state index contributed by atoms with van der Waals surface area (Å²) in [5, 5.41) is 32.5. The second-order valence-corrected chi connectivity index (χ2v) is 20.0. The van der Waals surface area contributed by atoms with Gasteiger partial charge in [0.05, 0.1) is 31.0 Å². The number of aliphatic hydroxyl groups is 3. The molecule has 6 rings (SSSR count). The lowest BCUT2D eigenvalue weighted by Gasteiger charge is -2.61. The van der Waals surface area contributed by atoms with E-state index in [1.165, 1.54) is 6.92 Å². The first kappa shape index (κ1) is 42.7. The van der Waals surface area contributed by atoms with Crippen LogP contribution in [0, 0.1) is 68.0 Å². The van der Waals surface area contributed by atoms with Crippen molar-refractivity contribution in [3.8, 4) is 0 Å². The number of esters is 1. The Labute approximate surface area is 320 Å². The third-order valence-corrected chi connectivity index (χ3v) is 18.0. The first-order valence-corrected chi connectivity index (χ1v) is 20.9. The monoisotopic (exact) mass is 747 g/mol. The van der Waals surface area contributed by atoms with E-state index in [0.717, 1.165) is 51.4 Å². The van der Waals surface area contributed by atoms with E-state index in [9.17, 15) is 29.7 Å². The number of ether oxygens (including phenoxy) is 3. The van der Waals surface area contributed by atoms with E-state index in [4.69, 9.17) is 14.2 Å². The quantitative estimate of drug-likeness (QED) is 0.236. The molecule has 4 unspecified atom stereocenters. The summed E-state index contributed by atoms with van der Waals surface area (Å²) < 4.78 is 17.0. The molecule has 6 aliphatic carbocycles. The van der Waals surface area contributed by atoms with E-state index in [1.54, 1.807) is 14.2 Å². The Kier molecular flexibility index (Phi) is 12.2. The molecule has 3 N–H and O–H groups in total. The summed E-state index contributed by atoms with van der Waals surface area (Å²) in [6.07, 6.45) is 8.96. The molecule has 0 radical (unpaired) electrons. The van der Waals surface area contributed by atoms with E-state index in [-0.39, 0.29) is 88.3 Å². The maximum atomic E-state index is 13.8. The fourth-order valence-corrected chi connectivity index (χ4v) is 14.2. The van der Waals surface area contributed by atoms with Crippen molar-refractivity contribution < 1.29 is 43.9 Å². The highest BCUT2D eigenvalue weighted by Gasteiger charge is 2.69. The number of ketones is 2. The molecule has 0 amide bonds. The maximum Gasteiger partial charge on any atom is 0.302 e. The third-order valence-electron chi connectivity index (χ3n) is 18.0. The Hall–Kier alpha value is -1.39. The van der Waals surface area contributed by atoms with Gasteiger partial charge >= 0.3 is 5.97 Å². The maximum absolute atomic E-state index is 13.8. The molecule has 0 aromatic heterocycles. The van der Waals surface area contributed by atoms with Crippen LogP contribution in [0.1, 0.15) is 139 Å². The number of hydrogen-bond donors (Lipinski definition) is 3. The molecule has 16 atom stereocenters. The zero-order valence-electron chi connectivity index (χ0n) is 35.0. The Morgan fingerprint density at radius 1 is 0.679 bits per heavy atom. The highest BCUT2D eigenvalue weighted by molar-refractivity contribution is 5.88. The zero-order chi connectivity index (χ0) is 39.5. The molecule has 9 heteroatoms. The molecule has 0 saturated heterocycles. The van der Waals surface area contributed by atoms with Crippen LogP contribution in [-0.2, 0) is 28.6 Å². The van der Waals surface area contributed by atoms with Gasteiger partial charge in [-0.05, 0) is 112 Å². The van der Waals surface area contributed by atoms with E-state index in [1.807, 2.05) is 13.8 Å². The Bertz CT molecular complexity index is 1370. The number of Topliss-reactive ketones (excluding diaryl/α,β-unsaturated/α-hetero) is 2. The molecule has 304 valence electrons. The number of methoxy groups -OCH3 is 2. The van der Waals surface area contributed by atoms with Crippen molar-refractivity contribution in [3.05, 3.63) is 0 Å². The summed E-state index contributed by atoms with van der Waals surface area (Å²) in [6.45, 7) is 18.7. The molecular weight excluding hydrogens is 672 g/mol. The van der Waals surface area contributed by atoms with Gasteiger partial charge in [0.2, 0.25) is 0 Å². The minimum absolute atomic E-state index is 0.00886. The van der Waals surface area contributed by atoms with Crippen molar-refractivity contribution in [2.75, 3.05) is 27.4 Å². The lowest BCUT2D eigenvalue weighted by molar-refractivity contribution is -0.193. The average molecular weight is 747 g/mol. The van der Waals surface area contributed by atoms with Crippen molar-refractivity contribution >= 4 is 17.5 Å². The van der Waals surface area contributed by atoms with Crippen molar-refractivity contribution in [1.82, 2.24) is 0 Å². The minimum Gasteiger partial charge on any atom is -0.466 e. The van der Waals surface area contributed by atoms with Gasteiger partial charge in [-0.3, -0.25) is 14.4 Å². The molecule has 0 aliphatic heterocycles. The van der Waals surface area contributed by atoms with Gasteiger partial charge in [-0.1, -0.05) is 55.4 Å². The van der Waals surface area contributed by atoms with Crippen molar-refractivity contribution in [3.63, 3.8) is 0 Å². The number of hydrogen-bond acceptors (Lipinski definition) is 9. The summed E-state index contributed by atoms with van der Waals surface area (Å²) in [5.74, 6) is 1.18. The standard InChI is InChI=1S/C23H38O5.C21H36O4/c1-14-7-9-23-10-8-17(27-6)19(23)22(14,5)18(25)13-21(4,20(26)15(23)2)11-12-28-16(3)24;1-13-6-8-21-9-7-15(25-5)17(21)20(13,4)16(23)12-19(3,10-11-22)18(24)14(21)2/h14-15,17-19,25H,7-13H2,1-6H3;13-17,22-23H,6-12H2,1-5H3/t14-,15+,17-,18-,19?,21-,22+,23?;13-,14+,15-,16-,17?,19-,20+,21?/m11/s1. The fourth-order valence-electron chi connectivity index (χ4n) is 14.2. The summed E-state index contributed by atoms with van der Waals surface area (Å²) in [4.78, 5) is 38.5. The van der Waals surface area contributed by atoms with E-state index in [0.29, 0.717) is 37.5 Å². The van der Waals surface area contributed by atoms with Crippen LogP contribution in [0.15, 0.2) is 0 Å². The number of carbonyl (C=O) groups is 3. The molecule has 0 spiro atoms. The highest BCUT2D eigenvalue weighted by Crippen LogP contribution is 2.70. The first-order valence-electron chi connectivity index (χ1n) is 20.9. The molecule has 6 fully saturated rings. The summed E-state index contributed by atoms with van der Waals surface area (Å²) in [7, 11) is 3.55. The second-order valence-electron chi connectivity index (χ2n) is 20.0. The van der Waals surface area contributed by atoms with Crippen molar-refractivity contribution in [1.29, 1.82) is 0 Å².